The molecule has 0 saturated heterocycles. The fourth-order valence-corrected chi connectivity index (χ4v) is 2.29. The minimum Gasteiger partial charge on any atom is -0.451 e. The third kappa shape index (κ3) is 3.57. The van der Waals surface area contributed by atoms with E-state index in [1.807, 2.05) is 0 Å². The van der Waals surface area contributed by atoms with Gasteiger partial charge >= 0.3 is 0 Å². The lowest BCUT2D eigenvalue weighted by Crippen LogP contribution is -2.24. The van der Waals surface area contributed by atoms with Gasteiger partial charge in [0.25, 0.3) is 5.91 Å². The molecule has 0 aliphatic heterocycles. The van der Waals surface area contributed by atoms with Crippen LogP contribution in [0.5, 0.6) is 0 Å². The molecule has 1 unspecified atom stereocenters. The summed E-state index contributed by atoms with van der Waals surface area (Å²) in [5.74, 6) is 0.576. The van der Waals surface area contributed by atoms with E-state index in [-0.39, 0.29) is 11.7 Å². The number of amides is 1. The zero-order valence-electron chi connectivity index (χ0n) is 10.6. The molecule has 1 amide bonds. The minimum atomic E-state index is -0.828. The normalized spacial score (nSPS) is 12.5. The van der Waals surface area contributed by atoms with Crippen LogP contribution in [-0.2, 0) is 10.8 Å². The van der Waals surface area contributed by atoms with Crippen molar-refractivity contribution in [2.45, 2.75) is 6.42 Å². The summed E-state index contributed by atoms with van der Waals surface area (Å²) in [7, 11) is -0.828. The third-order valence-electron chi connectivity index (χ3n) is 2.66. The maximum Gasteiger partial charge on any atom is 0.287 e. The SMILES string of the molecule is CS(=O)CCCNC(=O)c1cc2cc(N)ccc2o1. The average molecular weight is 280 g/mol. The number of hydrogen-bond donors (Lipinski definition) is 2. The third-order valence-corrected chi connectivity index (χ3v) is 3.52. The van der Waals surface area contributed by atoms with Gasteiger partial charge < -0.3 is 15.5 Å². The fraction of sp³-hybridized carbons (Fsp3) is 0.308. The Balaban J connectivity index is 1.99. The van der Waals surface area contributed by atoms with Gasteiger partial charge in [0.15, 0.2) is 5.76 Å². The molecule has 5 nitrogen and oxygen atoms in total. The lowest BCUT2D eigenvalue weighted by molar-refractivity contribution is 0.0928. The molecule has 0 saturated carbocycles. The van der Waals surface area contributed by atoms with Crippen LogP contribution in [0.1, 0.15) is 17.0 Å². The van der Waals surface area contributed by atoms with Crippen LogP contribution >= 0.6 is 0 Å². The Labute approximate surface area is 113 Å². The second kappa shape index (κ2) is 5.88. The molecule has 1 heterocycles. The van der Waals surface area contributed by atoms with Gasteiger partial charge in [-0.3, -0.25) is 9.00 Å². The number of nitrogens with two attached hydrogens (primary N) is 1. The van der Waals surface area contributed by atoms with E-state index in [4.69, 9.17) is 10.2 Å². The monoisotopic (exact) mass is 280 g/mol. The Morgan fingerprint density at radius 3 is 2.95 bits per heavy atom. The molecule has 0 fully saturated rings. The largest absolute Gasteiger partial charge is 0.451 e. The predicted octanol–water partition coefficient (Wildman–Crippen LogP) is 1.51. The summed E-state index contributed by atoms with van der Waals surface area (Å²) in [5, 5.41) is 3.54. The van der Waals surface area contributed by atoms with Gasteiger partial charge in [-0.15, -0.1) is 0 Å². The van der Waals surface area contributed by atoms with E-state index < -0.39 is 10.8 Å². The smallest absolute Gasteiger partial charge is 0.287 e. The molecule has 1 aromatic heterocycles. The fourth-order valence-electron chi connectivity index (χ4n) is 1.74. The van der Waals surface area contributed by atoms with E-state index in [0.717, 1.165) is 5.39 Å². The second-order valence-corrected chi connectivity index (χ2v) is 5.85. The number of hydrogen-bond acceptors (Lipinski definition) is 4. The van der Waals surface area contributed by atoms with Crippen molar-refractivity contribution in [3.05, 3.63) is 30.0 Å². The Morgan fingerprint density at radius 1 is 1.42 bits per heavy atom. The van der Waals surface area contributed by atoms with Gasteiger partial charge in [-0.25, -0.2) is 0 Å². The Kier molecular flexibility index (Phi) is 4.21. The zero-order chi connectivity index (χ0) is 13.8. The number of nitrogens with one attached hydrogen (secondary N) is 1. The lowest BCUT2D eigenvalue weighted by Gasteiger charge is -2.01. The minimum absolute atomic E-state index is 0.262. The second-order valence-electron chi connectivity index (χ2n) is 4.29. The van der Waals surface area contributed by atoms with Crippen molar-refractivity contribution >= 4 is 33.4 Å². The van der Waals surface area contributed by atoms with E-state index >= 15 is 0 Å². The van der Waals surface area contributed by atoms with Crippen molar-refractivity contribution in [3.8, 4) is 0 Å². The van der Waals surface area contributed by atoms with Crippen molar-refractivity contribution in [1.82, 2.24) is 5.32 Å². The Hall–Kier alpha value is -1.82. The Bertz CT molecular complexity index is 621. The summed E-state index contributed by atoms with van der Waals surface area (Å²) < 4.78 is 16.3. The zero-order valence-corrected chi connectivity index (χ0v) is 11.5. The summed E-state index contributed by atoms with van der Waals surface area (Å²) >= 11 is 0. The van der Waals surface area contributed by atoms with Crippen LogP contribution in [0.2, 0.25) is 0 Å². The van der Waals surface area contributed by atoms with E-state index in [0.29, 0.717) is 30.0 Å². The molecule has 3 N–H and O–H groups in total. The van der Waals surface area contributed by atoms with Crippen molar-refractivity contribution in [2.75, 3.05) is 24.3 Å². The molecule has 102 valence electrons. The molecule has 0 aliphatic carbocycles. The number of fused-ring (bicyclic) bond motifs is 1. The standard InChI is InChI=1S/C13H16N2O3S/c1-19(17)6-2-5-15-13(16)12-8-9-7-10(14)3-4-11(9)18-12/h3-4,7-8H,2,5-6,14H2,1H3,(H,15,16). The van der Waals surface area contributed by atoms with Crippen LogP contribution in [0.25, 0.3) is 11.0 Å². The number of anilines is 1. The molecule has 19 heavy (non-hydrogen) atoms. The summed E-state index contributed by atoms with van der Waals surface area (Å²) in [6, 6.07) is 6.89. The summed E-state index contributed by atoms with van der Waals surface area (Å²) in [4.78, 5) is 11.8. The Morgan fingerprint density at radius 2 is 2.21 bits per heavy atom. The maximum absolute atomic E-state index is 11.8. The van der Waals surface area contributed by atoms with Crippen LogP contribution in [0.4, 0.5) is 5.69 Å². The molecular formula is C13H16N2O3S. The van der Waals surface area contributed by atoms with Gasteiger partial charge in [0.05, 0.1) is 0 Å². The summed E-state index contributed by atoms with van der Waals surface area (Å²) in [5.41, 5.74) is 6.93. The van der Waals surface area contributed by atoms with Gasteiger partial charge in [-0.05, 0) is 30.7 Å². The molecule has 1 aromatic carbocycles. The topological polar surface area (TPSA) is 85.3 Å². The lowest BCUT2D eigenvalue weighted by atomic mass is 10.2. The first-order chi connectivity index (χ1) is 9.06. The molecule has 0 aliphatic rings. The van der Waals surface area contributed by atoms with E-state index in [1.54, 1.807) is 30.5 Å². The number of carbonyl (C=O) groups is 1. The molecule has 2 rings (SSSR count). The van der Waals surface area contributed by atoms with Crippen LogP contribution in [0, 0.1) is 0 Å². The van der Waals surface area contributed by atoms with E-state index in [9.17, 15) is 9.00 Å². The van der Waals surface area contributed by atoms with Crippen molar-refractivity contribution in [1.29, 1.82) is 0 Å². The number of benzene rings is 1. The van der Waals surface area contributed by atoms with Gasteiger partial charge in [-0.2, -0.15) is 0 Å². The number of furan rings is 1. The van der Waals surface area contributed by atoms with Crippen molar-refractivity contribution in [3.63, 3.8) is 0 Å². The van der Waals surface area contributed by atoms with Crippen LogP contribution in [0.15, 0.2) is 28.7 Å². The molecule has 0 bridgehead atoms. The molecule has 0 spiro atoms. The summed E-state index contributed by atoms with van der Waals surface area (Å²) in [6.07, 6.45) is 2.33. The molecule has 2 aromatic rings. The van der Waals surface area contributed by atoms with Gasteiger partial charge in [-0.1, -0.05) is 0 Å². The first kappa shape index (κ1) is 13.6. The van der Waals surface area contributed by atoms with E-state index in [2.05, 4.69) is 5.32 Å². The summed E-state index contributed by atoms with van der Waals surface area (Å²) in [6.45, 7) is 0.484. The number of nitrogen functional groups attached to an aromatic ring is 1. The number of carbonyl (C=O) groups excluding carboxylic acids is 1. The van der Waals surface area contributed by atoms with Gasteiger partial charge in [0.2, 0.25) is 0 Å². The number of rotatable bonds is 5. The molecule has 1 atom stereocenters. The predicted molar refractivity (Wildman–Crippen MR) is 76.5 cm³/mol. The van der Waals surface area contributed by atoms with E-state index in [1.165, 1.54) is 0 Å². The first-order valence-corrected chi connectivity index (χ1v) is 7.66. The highest BCUT2D eigenvalue weighted by atomic mass is 32.2. The quantitative estimate of drug-likeness (QED) is 0.642. The highest BCUT2D eigenvalue weighted by Crippen LogP contribution is 2.21. The molecule has 6 heteroatoms. The average Bonchev–Trinajstić information content (AvgIpc) is 2.77. The van der Waals surface area contributed by atoms with Crippen LogP contribution in [0.3, 0.4) is 0 Å². The maximum atomic E-state index is 11.8. The molecule has 0 radical (unpaired) electrons. The highest BCUT2D eigenvalue weighted by Gasteiger charge is 2.11. The first-order valence-electron chi connectivity index (χ1n) is 5.93. The van der Waals surface area contributed by atoms with Crippen molar-refractivity contribution < 1.29 is 13.4 Å². The van der Waals surface area contributed by atoms with Crippen LogP contribution in [-0.4, -0.2) is 28.7 Å². The van der Waals surface area contributed by atoms with Crippen LogP contribution < -0.4 is 11.1 Å². The highest BCUT2D eigenvalue weighted by molar-refractivity contribution is 7.84. The van der Waals surface area contributed by atoms with Gasteiger partial charge in [0.1, 0.15) is 5.58 Å². The molecular weight excluding hydrogens is 264 g/mol. The van der Waals surface area contributed by atoms with Crippen molar-refractivity contribution in [2.24, 2.45) is 0 Å². The van der Waals surface area contributed by atoms with Gasteiger partial charge in [0, 0.05) is 40.4 Å².